The van der Waals surface area contributed by atoms with Crippen LogP contribution in [0.1, 0.15) is 18.2 Å². The molecule has 0 saturated carbocycles. The average Bonchev–Trinajstić information content (AvgIpc) is 2.81. The summed E-state index contributed by atoms with van der Waals surface area (Å²) in [6, 6.07) is 15.1. The molecule has 1 aromatic heterocycles. The number of rotatable bonds is 5. The van der Waals surface area contributed by atoms with Gasteiger partial charge in [-0.05, 0) is 24.6 Å². The van der Waals surface area contributed by atoms with Gasteiger partial charge < -0.3 is 9.73 Å². The minimum atomic E-state index is 0.576. The van der Waals surface area contributed by atoms with Crippen LogP contribution in [0.25, 0.3) is 0 Å². The van der Waals surface area contributed by atoms with Gasteiger partial charge in [0.05, 0.1) is 12.3 Å². The first-order chi connectivity index (χ1) is 7.84. The summed E-state index contributed by atoms with van der Waals surface area (Å²) < 4.78 is 5.30. The number of benzene rings is 1. The summed E-state index contributed by atoms with van der Waals surface area (Å²) >= 11 is 0. The Balaban J connectivity index is 1.78. The molecule has 2 rings (SSSR count). The molecule has 2 N–H and O–H groups in total. The van der Waals surface area contributed by atoms with E-state index < -0.39 is 0 Å². The van der Waals surface area contributed by atoms with Gasteiger partial charge in [-0.2, -0.15) is 0 Å². The molecule has 0 aliphatic heterocycles. The second kappa shape index (κ2) is 5.52. The summed E-state index contributed by atoms with van der Waals surface area (Å²) in [6.07, 6.45) is 2.83. The number of furan rings is 1. The molecule has 0 saturated heterocycles. The van der Waals surface area contributed by atoms with E-state index in [0.29, 0.717) is 6.04 Å². The van der Waals surface area contributed by atoms with Gasteiger partial charge in [-0.15, -0.1) is 0 Å². The van der Waals surface area contributed by atoms with Gasteiger partial charge in [0.15, 0.2) is 5.76 Å². The second-order valence-corrected chi connectivity index (χ2v) is 4.19. The lowest BCUT2D eigenvalue weighted by atomic mass is 10.1. The summed E-state index contributed by atoms with van der Waals surface area (Å²) in [7, 11) is 0. The summed E-state index contributed by atoms with van der Waals surface area (Å²) in [6.45, 7) is 3.16. The van der Waals surface area contributed by atoms with Crippen LogP contribution in [0.15, 0.2) is 53.1 Å². The van der Waals surface area contributed by atoms with E-state index in [4.69, 9.17) is 4.42 Å². The Morgan fingerprint density at radius 3 is 2.62 bits per heavy atom. The molecule has 0 fully saturated rings. The molecule has 1 aromatic carbocycles. The van der Waals surface area contributed by atoms with Gasteiger partial charge in [-0.25, -0.2) is 0 Å². The normalized spacial score (nSPS) is 12.6. The van der Waals surface area contributed by atoms with Crippen LogP contribution in [0.3, 0.4) is 0 Å². The molecule has 1 atom stereocenters. The number of hydrogen-bond donors (Lipinski definition) is 1. The molecule has 0 aliphatic rings. The fourth-order valence-electron chi connectivity index (χ4n) is 1.82. The molecule has 2 aromatic rings. The van der Waals surface area contributed by atoms with Gasteiger partial charge in [-0.3, -0.25) is 0 Å². The number of quaternary nitrogens is 1. The maximum absolute atomic E-state index is 5.30. The highest BCUT2D eigenvalue weighted by Crippen LogP contribution is 2.01. The van der Waals surface area contributed by atoms with E-state index in [9.17, 15) is 0 Å². The Kier molecular flexibility index (Phi) is 3.78. The first kappa shape index (κ1) is 11.0. The van der Waals surface area contributed by atoms with Crippen LogP contribution in [-0.2, 0) is 13.0 Å². The fourth-order valence-corrected chi connectivity index (χ4v) is 1.82. The molecule has 84 valence electrons. The van der Waals surface area contributed by atoms with Crippen LogP contribution in [0.4, 0.5) is 0 Å². The van der Waals surface area contributed by atoms with Crippen molar-refractivity contribution >= 4 is 0 Å². The van der Waals surface area contributed by atoms with Gasteiger partial charge in [0.2, 0.25) is 0 Å². The third-order valence-corrected chi connectivity index (χ3v) is 2.70. The van der Waals surface area contributed by atoms with Crippen molar-refractivity contribution in [2.45, 2.75) is 25.9 Å². The first-order valence-corrected chi connectivity index (χ1v) is 5.74. The molecule has 0 amide bonds. The predicted octanol–water partition coefficient (Wildman–Crippen LogP) is 1.97. The van der Waals surface area contributed by atoms with E-state index in [1.54, 1.807) is 6.26 Å². The summed E-state index contributed by atoms with van der Waals surface area (Å²) in [4.78, 5) is 0. The highest BCUT2D eigenvalue weighted by atomic mass is 16.3. The van der Waals surface area contributed by atoms with Crippen molar-refractivity contribution in [3.8, 4) is 0 Å². The quantitative estimate of drug-likeness (QED) is 0.813. The van der Waals surface area contributed by atoms with Crippen LogP contribution in [0.5, 0.6) is 0 Å². The molecule has 2 nitrogen and oxygen atoms in total. The van der Waals surface area contributed by atoms with Gasteiger partial charge in [0.25, 0.3) is 0 Å². The average molecular weight is 216 g/mol. The van der Waals surface area contributed by atoms with E-state index in [1.807, 2.05) is 12.1 Å². The molecule has 1 heterocycles. The Morgan fingerprint density at radius 2 is 1.94 bits per heavy atom. The topological polar surface area (TPSA) is 29.8 Å². The van der Waals surface area contributed by atoms with Gasteiger partial charge in [-0.1, -0.05) is 30.3 Å². The Morgan fingerprint density at radius 1 is 1.12 bits per heavy atom. The molecule has 0 spiro atoms. The SMILES string of the molecule is C[C@@H](Cc1ccccc1)[NH2+]Cc1ccco1. The highest BCUT2D eigenvalue weighted by Gasteiger charge is 2.07. The van der Waals surface area contributed by atoms with Crippen molar-refractivity contribution in [3.05, 3.63) is 60.1 Å². The zero-order valence-electron chi connectivity index (χ0n) is 9.60. The molecule has 2 heteroatoms. The van der Waals surface area contributed by atoms with Crippen LogP contribution in [0.2, 0.25) is 0 Å². The highest BCUT2D eigenvalue weighted by molar-refractivity contribution is 5.15. The summed E-state index contributed by atoms with van der Waals surface area (Å²) in [5, 5.41) is 2.31. The van der Waals surface area contributed by atoms with Crippen molar-refractivity contribution in [1.82, 2.24) is 0 Å². The summed E-state index contributed by atoms with van der Waals surface area (Å²) in [5.41, 5.74) is 1.39. The monoisotopic (exact) mass is 216 g/mol. The fraction of sp³-hybridized carbons (Fsp3) is 0.286. The van der Waals surface area contributed by atoms with Crippen LogP contribution < -0.4 is 5.32 Å². The van der Waals surface area contributed by atoms with Gasteiger partial charge in [0.1, 0.15) is 6.54 Å². The molecule has 0 bridgehead atoms. The lowest BCUT2D eigenvalue weighted by molar-refractivity contribution is -0.702. The molecule has 0 radical (unpaired) electrons. The lowest BCUT2D eigenvalue weighted by Crippen LogP contribution is -2.88. The van der Waals surface area contributed by atoms with Crippen LogP contribution in [-0.4, -0.2) is 6.04 Å². The zero-order valence-corrected chi connectivity index (χ0v) is 9.60. The van der Waals surface area contributed by atoms with Crippen molar-refractivity contribution < 1.29 is 9.73 Å². The smallest absolute Gasteiger partial charge is 0.157 e. The maximum Gasteiger partial charge on any atom is 0.157 e. The third kappa shape index (κ3) is 3.24. The van der Waals surface area contributed by atoms with Gasteiger partial charge in [0, 0.05) is 6.42 Å². The largest absolute Gasteiger partial charge is 0.463 e. The molecule has 16 heavy (non-hydrogen) atoms. The number of nitrogens with two attached hydrogens (primary N) is 1. The second-order valence-electron chi connectivity index (χ2n) is 4.19. The summed E-state index contributed by atoms with van der Waals surface area (Å²) in [5.74, 6) is 1.04. The van der Waals surface area contributed by atoms with Crippen molar-refractivity contribution in [1.29, 1.82) is 0 Å². The third-order valence-electron chi connectivity index (χ3n) is 2.70. The van der Waals surface area contributed by atoms with E-state index >= 15 is 0 Å². The first-order valence-electron chi connectivity index (χ1n) is 5.74. The number of hydrogen-bond acceptors (Lipinski definition) is 1. The Hall–Kier alpha value is -1.54. The molecular formula is C14H18NO+. The van der Waals surface area contributed by atoms with E-state index in [-0.39, 0.29) is 0 Å². The maximum atomic E-state index is 5.30. The van der Waals surface area contributed by atoms with Crippen molar-refractivity contribution in [2.75, 3.05) is 0 Å². The zero-order chi connectivity index (χ0) is 11.2. The minimum absolute atomic E-state index is 0.576. The minimum Gasteiger partial charge on any atom is -0.463 e. The van der Waals surface area contributed by atoms with Crippen molar-refractivity contribution in [2.24, 2.45) is 0 Å². The predicted molar refractivity (Wildman–Crippen MR) is 63.9 cm³/mol. The van der Waals surface area contributed by atoms with Crippen LogP contribution in [0, 0.1) is 0 Å². The Bertz CT molecular complexity index is 394. The van der Waals surface area contributed by atoms with E-state index in [0.717, 1.165) is 18.7 Å². The van der Waals surface area contributed by atoms with Crippen molar-refractivity contribution in [3.63, 3.8) is 0 Å². The molecular weight excluding hydrogens is 198 g/mol. The van der Waals surface area contributed by atoms with Crippen LogP contribution >= 0.6 is 0 Å². The van der Waals surface area contributed by atoms with E-state index in [2.05, 4.69) is 42.6 Å². The standard InChI is InChI=1S/C14H17NO/c1-12(10-13-6-3-2-4-7-13)15-11-14-8-5-9-16-14/h2-9,12,15H,10-11H2,1H3/p+1/t12-/m0/s1. The lowest BCUT2D eigenvalue weighted by Gasteiger charge is -2.09. The molecule has 0 aliphatic carbocycles. The Labute approximate surface area is 96.3 Å². The molecule has 0 unspecified atom stereocenters. The van der Waals surface area contributed by atoms with Gasteiger partial charge >= 0.3 is 0 Å². The van der Waals surface area contributed by atoms with E-state index in [1.165, 1.54) is 5.56 Å².